The first kappa shape index (κ1) is 20.1. The van der Waals surface area contributed by atoms with E-state index in [-0.39, 0.29) is 23.9 Å². The van der Waals surface area contributed by atoms with E-state index in [4.69, 9.17) is 0 Å². The Morgan fingerprint density at radius 1 is 0.656 bits per heavy atom. The number of hydrogen-bond donors (Lipinski definition) is 0. The molecule has 2 amide bonds. The zero-order valence-corrected chi connectivity index (χ0v) is 18.7. The van der Waals surface area contributed by atoms with Gasteiger partial charge in [-0.25, -0.2) is 0 Å². The first-order chi connectivity index (χ1) is 15.4. The first-order valence-corrected chi connectivity index (χ1v) is 10.7. The second-order valence-corrected chi connectivity index (χ2v) is 8.47. The smallest absolute Gasteiger partial charge is 0.224 e. The van der Waals surface area contributed by atoms with Gasteiger partial charge in [0.2, 0.25) is 11.8 Å². The van der Waals surface area contributed by atoms with Crippen molar-refractivity contribution in [1.29, 1.82) is 0 Å². The van der Waals surface area contributed by atoms with Gasteiger partial charge in [-0.2, -0.15) is 0 Å². The third kappa shape index (κ3) is 2.94. The average Bonchev–Trinajstić information content (AvgIpc) is 3.30. The van der Waals surface area contributed by atoms with Crippen molar-refractivity contribution in [2.75, 3.05) is 0 Å². The molecule has 1 aliphatic heterocycles. The fourth-order valence-corrected chi connectivity index (χ4v) is 5.09. The molecule has 162 valence electrons. The van der Waals surface area contributed by atoms with Gasteiger partial charge in [0.05, 0.1) is 12.1 Å². The summed E-state index contributed by atoms with van der Waals surface area (Å²) in [5.74, 6) is -0.125. The van der Waals surface area contributed by atoms with Crippen molar-refractivity contribution in [3.63, 3.8) is 0 Å². The predicted molar refractivity (Wildman–Crippen MR) is 126 cm³/mol. The maximum atomic E-state index is 12.8. The molecule has 32 heavy (non-hydrogen) atoms. The van der Waals surface area contributed by atoms with Crippen molar-refractivity contribution < 1.29 is 9.59 Å². The minimum absolute atomic E-state index is 0.0624. The van der Waals surface area contributed by atoms with E-state index >= 15 is 0 Å². The number of aryl methyl sites for hydroxylation is 2. The summed E-state index contributed by atoms with van der Waals surface area (Å²) < 4.78 is 4.17. The molecular formula is C26H26N4O2. The average molecular weight is 427 g/mol. The minimum Gasteiger partial charge on any atom is -0.350 e. The van der Waals surface area contributed by atoms with E-state index in [2.05, 4.69) is 45.8 Å². The van der Waals surface area contributed by atoms with Crippen LogP contribution in [0.3, 0.4) is 0 Å². The lowest BCUT2D eigenvalue weighted by molar-refractivity contribution is -0.136. The standard InChI is InChI=1S/C26H26N4O2/c1-17(31)29-13-14-30(18(2)32)26(22-16-28(4)24-12-8-6-10-20(22)24)25(29)21-15-27(3)23-11-7-5-9-19(21)23/h5-16,25-26H,1-4H3/t25-,26+. The van der Waals surface area contributed by atoms with Crippen molar-refractivity contribution in [3.05, 3.63) is 84.5 Å². The highest BCUT2D eigenvalue weighted by atomic mass is 16.2. The number of fused-ring (bicyclic) bond motifs is 2. The fourth-order valence-electron chi connectivity index (χ4n) is 5.09. The van der Waals surface area contributed by atoms with E-state index < -0.39 is 0 Å². The molecule has 0 saturated carbocycles. The van der Waals surface area contributed by atoms with E-state index in [0.29, 0.717) is 0 Å². The van der Waals surface area contributed by atoms with Crippen LogP contribution in [0.1, 0.15) is 37.1 Å². The van der Waals surface area contributed by atoms with Crippen LogP contribution in [-0.2, 0) is 23.7 Å². The number of nitrogens with zero attached hydrogens (tertiary/aromatic N) is 4. The Kier molecular flexibility index (Phi) is 4.66. The summed E-state index contributed by atoms with van der Waals surface area (Å²) in [5.41, 5.74) is 4.22. The van der Waals surface area contributed by atoms with Crippen LogP contribution in [0.5, 0.6) is 0 Å². The molecule has 0 fully saturated rings. The Morgan fingerprint density at radius 3 is 1.41 bits per heavy atom. The molecule has 6 nitrogen and oxygen atoms in total. The lowest BCUT2D eigenvalue weighted by atomic mass is 9.89. The summed E-state index contributed by atoms with van der Waals surface area (Å²) in [5, 5.41) is 2.16. The van der Waals surface area contributed by atoms with Gasteiger partial charge in [0.1, 0.15) is 0 Å². The molecule has 0 spiro atoms. The Bertz CT molecular complexity index is 1290. The van der Waals surface area contributed by atoms with Gasteiger partial charge in [-0.1, -0.05) is 36.4 Å². The quantitative estimate of drug-likeness (QED) is 0.469. The summed E-state index contributed by atoms with van der Waals surface area (Å²) in [4.78, 5) is 29.1. The summed E-state index contributed by atoms with van der Waals surface area (Å²) in [6.07, 6.45) is 7.64. The molecule has 0 saturated heterocycles. The van der Waals surface area contributed by atoms with E-state index in [1.807, 2.05) is 38.4 Å². The predicted octanol–water partition coefficient (Wildman–Crippen LogP) is 4.63. The Balaban J connectivity index is 1.83. The molecule has 3 heterocycles. The Hall–Kier alpha value is -3.80. The molecule has 0 unspecified atom stereocenters. The summed E-state index contributed by atoms with van der Waals surface area (Å²) in [6.45, 7) is 3.15. The number of carbonyl (C=O) groups excluding carboxylic acids is 2. The van der Waals surface area contributed by atoms with E-state index in [1.54, 1.807) is 36.0 Å². The van der Waals surface area contributed by atoms with Gasteiger partial charge in [0.15, 0.2) is 0 Å². The molecule has 4 aromatic rings. The van der Waals surface area contributed by atoms with Gasteiger partial charge < -0.3 is 18.9 Å². The van der Waals surface area contributed by atoms with Gasteiger partial charge in [-0.3, -0.25) is 9.59 Å². The second-order valence-electron chi connectivity index (χ2n) is 8.47. The number of rotatable bonds is 2. The van der Waals surface area contributed by atoms with Crippen molar-refractivity contribution in [2.45, 2.75) is 25.9 Å². The van der Waals surface area contributed by atoms with Crippen molar-refractivity contribution in [3.8, 4) is 0 Å². The number of para-hydroxylation sites is 2. The van der Waals surface area contributed by atoms with E-state index in [1.165, 1.54) is 0 Å². The van der Waals surface area contributed by atoms with Crippen LogP contribution in [-0.4, -0.2) is 30.7 Å². The number of benzene rings is 2. The molecule has 5 rings (SSSR count). The molecule has 6 heteroatoms. The van der Waals surface area contributed by atoms with Gasteiger partial charge >= 0.3 is 0 Å². The zero-order chi connectivity index (χ0) is 22.6. The molecule has 1 aliphatic rings. The molecule has 2 atom stereocenters. The number of carbonyl (C=O) groups is 2. The third-order valence-corrected chi connectivity index (χ3v) is 6.51. The third-order valence-electron chi connectivity index (χ3n) is 6.51. The van der Waals surface area contributed by atoms with Crippen molar-refractivity contribution in [1.82, 2.24) is 18.9 Å². The summed E-state index contributed by atoms with van der Waals surface area (Å²) in [7, 11) is 4.02. The lowest BCUT2D eigenvalue weighted by Crippen LogP contribution is -2.44. The minimum atomic E-state index is -0.363. The molecule has 2 aromatic heterocycles. The van der Waals surface area contributed by atoms with Gasteiger partial charge in [0.25, 0.3) is 0 Å². The van der Waals surface area contributed by atoms with Crippen LogP contribution >= 0.6 is 0 Å². The van der Waals surface area contributed by atoms with Crippen LogP contribution in [0.4, 0.5) is 0 Å². The Labute approximate surface area is 186 Å². The van der Waals surface area contributed by atoms with E-state index in [9.17, 15) is 9.59 Å². The van der Waals surface area contributed by atoms with Crippen LogP contribution in [0.25, 0.3) is 21.8 Å². The molecule has 2 aromatic carbocycles. The molecule has 0 bridgehead atoms. The molecule has 0 aliphatic carbocycles. The monoisotopic (exact) mass is 426 g/mol. The highest BCUT2D eigenvalue weighted by Crippen LogP contribution is 2.46. The van der Waals surface area contributed by atoms with Crippen LogP contribution in [0, 0.1) is 0 Å². The molecular weight excluding hydrogens is 400 g/mol. The van der Waals surface area contributed by atoms with Crippen molar-refractivity contribution >= 4 is 33.6 Å². The second kappa shape index (κ2) is 7.41. The van der Waals surface area contributed by atoms with Crippen LogP contribution < -0.4 is 0 Å². The highest BCUT2D eigenvalue weighted by Gasteiger charge is 2.41. The number of aromatic nitrogens is 2. The SMILES string of the molecule is CC(=O)N1C=CN(C(C)=O)[C@@H](c2cn(C)c3ccccc23)[C@H]1c1cn(C)c2ccccc12. The highest BCUT2D eigenvalue weighted by molar-refractivity contribution is 5.89. The van der Waals surface area contributed by atoms with Gasteiger partial charge in [-0.15, -0.1) is 0 Å². The number of amides is 2. The van der Waals surface area contributed by atoms with Crippen LogP contribution in [0.2, 0.25) is 0 Å². The summed E-state index contributed by atoms with van der Waals surface area (Å²) in [6, 6.07) is 15.6. The molecule has 0 N–H and O–H groups in total. The zero-order valence-electron chi connectivity index (χ0n) is 18.7. The number of hydrogen-bond acceptors (Lipinski definition) is 2. The Morgan fingerprint density at radius 2 is 1.03 bits per heavy atom. The maximum Gasteiger partial charge on any atom is 0.224 e. The largest absolute Gasteiger partial charge is 0.350 e. The molecule has 0 radical (unpaired) electrons. The normalized spacial score (nSPS) is 18.6. The van der Waals surface area contributed by atoms with Crippen LogP contribution in [0.15, 0.2) is 73.3 Å². The maximum absolute atomic E-state index is 12.8. The lowest BCUT2D eigenvalue weighted by Gasteiger charge is -2.43. The summed E-state index contributed by atoms with van der Waals surface area (Å²) >= 11 is 0. The van der Waals surface area contributed by atoms with Gasteiger partial charge in [0, 0.05) is 85.7 Å². The fraction of sp³-hybridized carbons (Fsp3) is 0.231. The topological polar surface area (TPSA) is 50.5 Å². The van der Waals surface area contributed by atoms with E-state index in [0.717, 1.165) is 32.9 Å². The van der Waals surface area contributed by atoms with Gasteiger partial charge in [-0.05, 0) is 12.1 Å². The van der Waals surface area contributed by atoms with Crippen molar-refractivity contribution in [2.24, 2.45) is 14.1 Å². The first-order valence-electron chi connectivity index (χ1n) is 10.7.